The average Bonchev–Trinajstić information content (AvgIpc) is 2.31. The quantitative estimate of drug-likeness (QED) is 0.435. The summed E-state index contributed by atoms with van der Waals surface area (Å²) in [7, 11) is -1.04. The molecule has 16 heavy (non-hydrogen) atoms. The van der Waals surface area contributed by atoms with Crippen molar-refractivity contribution >= 4 is 25.6 Å². The molecule has 6 heteroatoms. The topological polar surface area (TPSA) is 26.3 Å². The number of hydrogen-bond donors (Lipinski definition) is 0. The molecule has 1 aromatic carbocycles. The third kappa shape index (κ3) is 3.32. The van der Waals surface area contributed by atoms with Crippen LogP contribution in [-0.4, -0.2) is 28.0 Å². The molecule has 0 fully saturated rings. The molecule has 0 aliphatic rings. The van der Waals surface area contributed by atoms with E-state index >= 15 is 0 Å². The van der Waals surface area contributed by atoms with Gasteiger partial charge in [0.15, 0.2) is 17.4 Å². The van der Waals surface area contributed by atoms with E-state index in [0.29, 0.717) is 0 Å². The van der Waals surface area contributed by atoms with E-state index in [1.807, 2.05) is 0 Å². The molecule has 1 atom stereocenters. The normalized spacial score (nSPS) is 13.9. The Bertz CT molecular complexity index is 434. The Labute approximate surface area is 101 Å². The molecule has 86 valence electrons. The van der Waals surface area contributed by atoms with E-state index in [4.69, 9.17) is 6.85 Å². The molecule has 0 radical (unpaired) electrons. The molecule has 1 rings (SSSR count). The first-order chi connectivity index (χ1) is 8.41. The highest BCUT2D eigenvalue weighted by Crippen LogP contribution is 2.14. The Balaban J connectivity index is 2.60. The zero-order valence-electron chi connectivity index (χ0n) is 10.6. The van der Waals surface area contributed by atoms with E-state index < -0.39 is 31.3 Å². The van der Waals surface area contributed by atoms with Crippen LogP contribution in [0.1, 0.15) is 17.3 Å². The van der Waals surface area contributed by atoms with Crippen molar-refractivity contribution in [3.8, 4) is 0 Å². The molecule has 0 heterocycles. The summed E-state index contributed by atoms with van der Waals surface area (Å²) < 4.78 is 44.5. The fourth-order valence-electron chi connectivity index (χ4n) is 1.07. The molecule has 0 saturated heterocycles. The van der Waals surface area contributed by atoms with Crippen molar-refractivity contribution in [3.05, 3.63) is 35.4 Å². The molecule has 2 nitrogen and oxygen atoms in total. The van der Waals surface area contributed by atoms with Crippen LogP contribution >= 0.6 is 12.0 Å². The predicted molar refractivity (Wildman–Crippen MR) is 62.2 cm³/mol. The van der Waals surface area contributed by atoms with Crippen molar-refractivity contribution in [2.24, 2.45) is 0 Å². The number of carbonyl (C=O) groups is 1. The van der Waals surface area contributed by atoms with Gasteiger partial charge in [0.1, 0.15) is 13.9 Å². The summed E-state index contributed by atoms with van der Waals surface area (Å²) in [6, 6.07) is 2.88. The number of hydrogen-bond acceptors (Lipinski definition) is 3. The third-order valence-electron chi connectivity index (χ3n) is 1.85. The average molecular weight is 247 g/mol. The molecule has 0 N–H and O–H groups in total. The molecule has 0 aliphatic carbocycles. The maximum absolute atomic E-state index is 12.9. The van der Waals surface area contributed by atoms with Gasteiger partial charge in [-0.1, -0.05) is 0 Å². The van der Waals surface area contributed by atoms with Crippen LogP contribution in [0.5, 0.6) is 0 Å². The molecular formula is C10H11BF2O2S. The first kappa shape index (κ1) is 10.3. The highest BCUT2D eigenvalue weighted by molar-refractivity contribution is 7.95. The van der Waals surface area contributed by atoms with Crippen LogP contribution in [0.4, 0.5) is 8.78 Å². The second-order valence-electron chi connectivity index (χ2n) is 3.02. The van der Waals surface area contributed by atoms with Gasteiger partial charge in [-0.2, -0.15) is 0 Å². The lowest BCUT2D eigenvalue weighted by molar-refractivity contribution is 0.0846. The zero-order chi connectivity index (χ0) is 13.7. The van der Waals surface area contributed by atoms with Gasteiger partial charge >= 0.3 is 0 Å². The van der Waals surface area contributed by atoms with E-state index in [1.165, 1.54) is 13.0 Å². The number of ketones is 1. The Morgan fingerprint density at radius 3 is 3.12 bits per heavy atom. The maximum atomic E-state index is 12.9. The maximum Gasteiger partial charge on any atom is 0.192 e. The van der Waals surface area contributed by atoms with Crippen molar-refractivity contribution in [1.82, 2.24) is 0 Å². The predicted octanol–water partition coefficient (Wildman–Crippen LogP) is 1.79. The highest BCUT2D eigenvalue weighted by atomic mass is 32.2. The van der Waals surface area contributed by atoms with Crippen LogP contribution < -0.4 is 0 Å². The smallest absolute Gasteiger partial charge is 0.192 e. The SMILES string of the molecule is [2H]B([3H])CSO[C@@H](C)C(=O)c1ccc(F)c(F)c1. The second-order valence-corrected chi connectivity index (χ2v) is 3.78. The van der Waals surface area contributed by atoms with Gasteiger partial charge < -0.3 is 4.18 Å². The summed E-state index contributed by atoms with van der Waals surface area (Å²) in [6.07, 6.45) is -0.849. The number of halogens is 2. The summed E-state index contributed by atoms with van der Waals surface area (Å²) >= 11 is 0.836. The van der Waals surface area contributed by atoms with Crippen molar-refractivity contribution in [3.63, 3.8) is 0 Å². The number of benzene rings is 1. The molecule has 1 aromatic rings. The monoisotopic (exact) mass is 247 g/mol. The largest absolute Gasteiger partial charge is 0.305 e. The Hall–Kier alpha value is -0.875. The number of carbonyl (C=O) groups excluding carboxylic acids is 1. The summed E-state index contributed by atoms with van der Waals surface area (Å²) in [6.45, 7) is 1.47. The molecule has 0 amide bonds. The van der Waals surface area contributed by atoms with E-state index in [-0.39, 0.29) is 11.2 Å². The minimum atomic E-state index is -1.09. The molecule has 0 saturated carbocycles. The highest BCUT2D eigenvalue weighted by Gasteiger charge is 2.17. The Morgan fingerprint density at radius 1 is 1.75 bits per heavy atom. The zero-order valence-corrected chi connectivity index (χ0v) is 9.39. The molecule has 0 unspecified atom stereocenters. The lowest BCUT2D eigenvalue weighted by Crippen LogP contribution is -2.18. The van der Waals surface area contributed by atoms with Crippen molar-refractivity contribution in [2.75, 3.05) is 5.65 Å². The summed E-state index contributed by atoms with van der Waals surface area (Å²) in [4.78, 5) is 11.8. The minimum Gasteiger partial charge on any atom is -0.305 e. The van der Waals surface area contributed by atoms with Gasteiger partial charge in [-0.05, 0) is 45.5 Å². The van der Waals surface area contributed by atoms with Crippen LogP contribution in [0.3, 0.4) is 0 Å². The third-order valence-corrected chi connectivity index (χ3v) is 2.41. The molecule has 0 spiro atoms. The lowest BCUT2D eigenvalue weighted by Gasteiger charge is -2.10. The van der Waals surface area contributed by atoms with Gasteiger partial charge in [-0.15, -0.1) is 0 Å². The van der Waals surface area contributed by atoms with Gasteiger partial charge in [-0.3, -0.25) is 4.79 Å². The van der Waals surface area contributed by atoms with E-state index in [0.717, 1.165) is 24.2 Å². The van der Waals surface area contributed by atoms with Crippen LogP contribution in [0.25, 0.3) is 0 Å². The fraction of sp³-hybridized carbons (Fsp3) is 0.300. The molecule has 0 aliphatic heterocycles. The second kappa shape index (κ2) is 6.01. The van der Waals surface area contributed by atoms with Crippen molar-refractivity contribution in [1.29, 1.82) is 2.67 Å². The van der Waals surface area contributed by atoms with Crippen molar-refractivity contribution in [2.45, 2.75) is 13.0 Å². The van der Waals surface area contributed by atoms with Crippen molar-refractivity contribution < 1.29 is 17.8 Å². The van der Waals surface area contributed by atoms with Gasteiger partial charge in [0.05, 0.1) is 0 Å². The number of Topliss-reactive ketones (excluding diaryl/α,β-unsaturated/α-hetero) is 1. The van der Waals surface area contributed by atoms with Crippen LogP contribution in [0, 0.1) is 11.6 Å². The lowest BCUT2D eigenvalue weighted by atomic mass is 10.1. The Kier molecular flexibility index (Phi) is 3.86. The van der Waals surface area contributed by atoms with E-state index in [2.05, 4.69) is 0 Å². The number of rotatable bonds is 6. The first-order valence-electron chi connectivity index (χ1n) is 5.69. The standard InChI is InChI=1S/C10H11BF2O2S/c1-6(15-16-5-11)10(14)7-2-3-8(12)9(13)4-7/h2-4,6H,5,11H2,1H3/t6-/m0/s1/i11TD. The first-order valence-corrected chi connectivity index (χ1v) is 5.45. The van der Waals surface area contributed by atoms with Crippen LogP contribution in [0.2, 0.25) is 0 Å². The molecular weight excluding hydrogens is 233 g/mol. The van der Waals surface area contributed by atoms with Crippen LogP contribution in [0.15, 0.2) is 18.2 Å². The van der Waals surface area contributed by atoms with Crippen LogP contribution in [-0.2, 0) is 4.18 Å². The van der Waals surface area contributed by atoms with Gasteiger partial charge in [0, 0.05) is 5.56 Å². The summed E-state index contributed by atoms with van der Waals surface area (Å²) in [5.41, 5.74) is 0.130. The minimum absolute atomic E-state index is 0.0234. The summed E-state index contributed by atoms with van der Waals surface area (Å²) in [5, 5.41) is 0. The Morgan fingerprint density at radius 2 is 2.50 bits per heavy atom. The fourth-order valence-corrected chi connectivity index (χ4v) is 1.44. The molecule has 0 bridgehead atoms. The van der Waals surface area contributed by atoms with Gasteiger partial charge in [-0.25, -0.2) is 8.78 Å². The van der Waals surface area contributed by atoms with Gasteiger partial charge in [0.25, 0.3) is 0 Å². The van der Waals surface area contributed by atoms with E-state index in [9.17, 15) is 13.6 Å². The van der Waals surface area contributed by atoms with Gasteiger partial charge in [0.2, 0.25) is 0 Å². The molecule has 0 aromatic heterocycles. The van der Waals surface area contributed by atoms with E-state index in [1.54, 1.807) is 0 Å². The summed E-state index contributed by atoms with van der Waals surface area (Å²) in [5.74, 6) is -2.58.